The molecular weight excluding hydrogens is 310 g/mol. The molecule has 1 aliphatic heterocycles. The Hall–Kier alpha value is -0.570. The molecule has 0 aliphatic carbocycles. The second-order valence-corrected chi connectivity index (χ2v) is 9.52. The van der Waals surface area contributed by atoms with Crippen LogP contribution in [0.25, 0.3) is 0 Å². The Morgan fingerprint density at radius 3 is 2.90 bits per heavy atom. The molecule has 0 spiro atoms. The minimum absolute atomic E-state index is 0.0698. The Morgan fingerprint density at radius 2 is 2.19 bits per heavy atom. The molecule has 0 saturated carbocycles. The van der Waals surface area contributed by atoms with Gasteiger partial charge in [-0.3, -0.25) is 4.68 Å². The molecule has 0 aromatic carbocycles. The van der Waals surface area contributed by atoms with Gasteiger partial charge in [-0.25, -0.2) is 8.42 Å². The average Bonchev–Trinajstić information content (AvgIpc) is 2.81. The van der Waals surface area contributed by atoms with Crippen molar-refractivity contribution < 1.29 is 13.5 Å². The van der Waals surface area contributed by atoms with E-state index in [1.54, 1.807) is 15.2 Å². The van der Waals surface area contributed by atoms with Crippen LogP contribution in [0.3, 0.4) is 0 Å². The zero-order valence-corrected chi connectivity index (χ0v) is 14.2. The van der Waals surface area contributed by atoms with Gasteiger partial charge in [0.05, 0.1) is 6.20 Å². The Balaban J connectivity index is 2.12. The zero-order valence-electron chi connectivity index (χ0n) is 12.5. The van der Waals surface area contributed by atoms with E-state index in [0.29, 0.717) is 26.1 Å². The Labute approximate surface area is 130 Å². The number of thioether (sulfide) groups is 1. The fourth-order valence-electron chi connectivity index (χ4n) is 2.22. The van der Waals surface area contributed by atoms with Gasteiger partial charge in [-0.05, 0) is 12.8 Å². The number of hydrogen-bond acceptors (Lipinski definition) is 5. The second kappa shape index (κ2) is 6.68. The van der Waals surface area contributed by atoms with Crippen molar-refractivity contribution in [2.24, 2.45) is 0 Å². The van der Waals surface area contributed by atoms with Gasteiger partial charge in [0.25, 0.3) is 0 Å². The highest BCUT2D eigenvalue weighted by Crippen LogP contribution is 2.32. The van der Waals surface area contributed by atoms with E-state index in [0.717, 1.165) is 12.2 Å². The molecule has 0 radical (unpaired) electrons. The van der Waals surface area contributed by atoms with Gasteiger partial charge in [0.15, 0.2) is 0 Å². The third-order valence-corrected chi connectivity index (χ3v) is 6.81. The van der Waals surface area contributed by atoms with Gasteiger partial charge in [-0.15, -0.1) is 0 Å². The van der Waals surface area contributed by atoms with Crippen LogP contribution < -0.4 is 0 Å². The van der Waals surface area contributed by atoms with Gasteiger partial charge >= 0.3 is 0 Å². The van der Waals surface area contributed by atoms with Crippen LogP contribution in [-0.2, 0) is 16.6 Å². The summed E-state index contributed by atoms with van der Waals surface area (Å²) in [7, 11) is -3.47. The van der Waals surface area contributed by atoms with Crippen LogP contribution in [-0.4, -0.2) is 57.8 Å². The maximum Gasteiger partial charge on any atom is 0.246 e. The van der Waals surface area contributed by atoms with E-state index in [1.807, 2.05) is 11.8 Å². The van der Waals surface area contributed by atoms with Crippen LogP contribution in [0.15, 0.2) is 17.3 Å². The topological polar surface area (TPSA) is 75.4 Å². The van der Waals surface area contributed by atoms with E-state index in [2.05, 4.69) is 18.9 Å². The fraction of sp³-hybridized carbons (Fsp3) is 0.769. The van der Waals surface area contributed by atoms with Crippen molar-refractivity contribution in [2.45, 2.75) is 42.9 Å². The summed E-state index contributed by atoms with van der Waals surface area (Å²) in [4.78, 5) is 0.241. The summed E-state index contributed by atoms with van der Waals surface area (Å²) in [6.45, 7) is 5.99. The Morgan fingerprint density at radius 1 is 1.43 bits per heavy atom. The fourth-order valence-corrected chi connectivity index (χ4v) is 4.84. The first kappa shape index (κ1) is 16.8. The Bertz CT molecular complexity index is 569. The van der Waals surface area contributed by atoms with Gasteiger partial charge < -0.3 is 5.11 Å². The number of hydrogen-bond donors (Lipinski definition) is 1. The maximum atomic E-state index is 12.7. The molecule has 1 aliphatic rings. The first-order chi connectivity index (χ1) is 9.85. The molecule has 2 rings (SSSR count). The first-order valence-electron chi connectivity index (χ1n) is 7.13. The average molecular weight is 333 g/mol. The van der Waals surface area contributed by atoms with Gasteiger partial charge in [0.2, 0.25) is 10.0 Å². The molecule has 1 N–H and O–H groups in total. The van der Waals surface area contributed by atoms with Crippen molar-refractivity contribution in [1.82, 2.24) is 14.1 Å². The minimum atomic E-state index is -3.47. The summed E-state index contributed by atoms with van der Waals surface area (Å²) >= 11 is 1.82. The van der Waals surface area contributed by atoms with E-state index in [4.69, 9.17) is 5.11 Å². The van der Waals surface area contributed by atoms with Crippen LogP contribution in [0.1, 0.15) is 26.7 Å². The van der Waals surface area contributed by atoms with Crippen LogP contribution in [0, 0.1) is 0 Å². The van der Waals surface area contributed by atoms with E-state index in [9.17, 15) is 8.42 Å². The SMILES string of the molecule is CC1(C)CCN(S(=O)(=O)c2cnn(CCCO)c2)CCS1. The quantitative estimate of drug-likeness (QED) is 0.875. The molecule has 0 atom stereocenters. The molecule has 0 amide bonds. The van der Waals surface area contributed by atoms with Gasteiger partial charge in [-0.1, -0.05) is 13.8 Å². The number of nitrogens with zero attached hydrogens (tertiary/aromatic N) is 3. The summed E-state index contributed by atoms with van der Waals surface area (Å²) < 4.78 is 28.6. The number of aromatic nitrogens is 2. The maximum absolute atomic E-state index is 12.7. The first-order valence-corrected chi connectivity index (χ1v) is 9.55. The summed E-state index contributed by atoms with van der Waals surface area (Å²) in [6.07, 6.45) is 4.36. The molecule has 1 aromatic heterocycles. The summed E-state index contributed by atoms with van der Waals surface area (Å²) in [5.41, 5.74) is 0. The van der Waals surface area contributed by atoms with Crippen LogP contribution in [0.2, 0.25) is 0 Å². The monoisotopic (exact) mass is 333 g/mol. The lowest BCUT2D eigenvalue weighted by Gasteiger charge is -2.22. The lowest BCUT2D eigenvalue weighted by atomic mass is 10.1. The second-order valence-electron chi connectivity index (χ2n) is 5.78. The molecule has 21 heavy (non-hydrogen) atoms. The number of sulfonamides is 1. The number of rotatable bonds is 5. The number of aryl methyl sites for hydroxylation is 1. The lowest BCUT2D eigenvalue weighted by Crippen LogP contribution is -2.33. The number of aliphatic hydroxyl groups excluding tert-OH is 1. The van der Waals surface area contributed by atoms with Crippen molar-refractivity contribution >= 4 is 21.8 Å². The smallest absolute Gasteiger partial charge is 0.246 e. The van der Waals surface area contributed by atoms with E-state index in [1.165, 1.54) is 6.20 Å². The van der Waals surface area contributed by atoms with E-state index >= 15 is 0 Å². The summed E-state index contributed by atoms with van der Waals surface area (Å²) in [5.74, 6) is 0.810. The van der Waals surface area contributed by atoms with Crippen LogP contribution >= 0.6 is 11.8 Å². The predicted molar refractivity (Wildman–Crippen MR) is 83.8 cm³/mol. The molecule has 1 fully saturated rings. The Kier molecular flexibility index (Phi) is 5.34. The highest BCUT2D eigenvalue weighted by Gasteiger charge is 2.31. The van der Waals surface area contributed by atoms with Crippen molar-refractivity contribution in [1.29, 1.82) is 0 Å². The molecule has 2 heterocycles. The summed E-state index contributed by atoms with van der Waals surface area (Å²) in [6, 6.07) is 0. The van der Waals surface area contributed by atoms with E-state index < -0.39 is 10.0 Å². The molecule has 8 heteroatoms. The molecule has 1 saturated heterocycles. The van der Waals surface area contributed by atoms with Gasteiger partial charge in [0.1, 0.15) is 4.90 Å². The lowest BCUT2D eigenvalue weighted by molar-refractivity contribution is 0.277. The third kappa shape index (κ3) is 4.21. The highest BCUT2D eigenvalue weighted by molar-refractivity contribution is 8.00. The standard InChI is InChI=1S/C13H23N3O3S2/c1-13(2)4-6-16(7-9-20-13)21(18,19)12-10-14-15(11-12)5-3-8-17/h10-11,17H,3-9H2,1-2H3. The minimum Gasteiger partial charge on any atom is -0.396 e. The molecule has 1 aromatic rings. The van der Waals surface area contributed by atoms with Crippen molar-refractivity contribution in [3.63, 3.8) is 0 Å². The molecular formula is C13H23N3O3S2. The molecule has 0 bridgehead atoms. The van der Waals surface area contributed by atoms with Gasteiger partial charge in [0, 0.05) is 42.9 Å². The zero-order chi connectivity index (χ0) is 15.5. The molecule has 0 unspecified atom stereocenters. The predicted octanol–water partition coefficient (Wildman–Crippen LogP) is 1.17. The van der Waals surface area contributed by atoms with Gasteiger partial charge in [-0.2, -0.15) is 21.2 Å². The molecule has 6 nitrogen and oxygen atoms in total. The largest absolute Gasteiger partial charge is 0.396 e. The van der Waals surface area contributed by atoms with Crippen LogP contribution in [0.5, 0.6) is 0 Å². The normalized spacial score (nSPS) is 20.3. The summed E-state index contributed by atoms with van der Waals surface area (Å²) in [5, 5.41) is 12.9. The highest BCUT2D eigenvalue weighted by atomic mass is 32.2. The third-order valence-electron chi connectivity index (χ3n) is 3.59. The van der Waals surface area contributed by atoms with Crippen LogP contribution in [0.4, 0.5) is 0 Å². The van der Waals surface area contributed by atoms with Crippen molar-refractivity contribution in [3.8, 4) is 0 Å². The van der Waals surface area contributed by atoms with E-state index in [-0.39, 0.29) is 16.2 Å². The number of aliphatic hydroxyl groups is 1. The van der Waals surface area contributed by atoms with Crippen molar-refractivity contribution in [2.75, 3.05) is 25.4 Å². The van der Waals surface area contributed by atoms with Crippen molar-refractivity contribution in [3.05, 3.63) is 12.4 Å². The molecule has 120 valence electrons.